The number of imidazole rings is 1. The summed E-state index contributed by atoms with van der Waals surface area (Å²) in [6.45, 7) is 0.228. The van der Waals surface area contributed by atoms with E-state index in [1.165, 1.54) is 18.2 Å². The molecule has 3 rings (SSSR count). The lowest BCUT2D eigenvalue weighted by atomic mass is 10.3. The van der Waals surface area contributed by atoms with Gasteiger partial charge in [-0.25, -0.2) is 9.97 Å². The number of amides is 1. The first kappa shape index (κ1) is 12.3. The highest BCUT2D eigenvalue weighted by Gasteiger charge is 2.09. The summed E-state index contributed by atoms with van der Waals surface area (Å²) < 4.78 is 12.9. The smallest absolute Gasteiger partial charge is 0.270 e. The van der Waals surface area contributed by atoms with E-state index in [1.54, 1.807) is 0 Å². The molecule has 0 fully saturated rings. The van der Waals surface area contributed by atoms with E-state index in [0.29, 0.717) is 5.82 Å². The van der Waals surface area contributed by atoms with Gasteiger partial charge in [-0.1, -0.05) is 18.2 Å². The molecule has 0 saturated carbocycles. The van der Waals surface area contributed by atoms with Crippen LogP contribution in [0, 0.1) is 5.95 Å². The van der Waals surface area contributed by atoms with E-state index in [-0.39, 0.29) is 12.2 Å². The van der Waals surface area contributed by atoms with Gasteiger partial charge in [0.25, 0.3) is 5.91 Å². The number of pyridine rings is 1. The van der Waals surface area contributed by atoms with Gasteiger partial charge in [-0.2, -0.15) is 4.39 Å². The third kappa shape index (κ3) is 2.49. The predicted molar refractivity (Wildman–Crippen MR) is 71.5 cm³/mol. The van der Waals surface area contributed by atoms with Crippen molar-refractivity contribution in [1.29, 1.82) is 0 Å². The fraction of sp³-hybridized carbons (Fsp3) is 0.0714. The average Bonchev–Trinajstić information content (AvgIpc) is 2.87. The molecule has 20 heavy (non-hydrogen) atoms. The summed E-state index contributed by atoms with van der Waals surface area (Å²) in [6, 6.07) is 11.7. The maximum atomic E-state index is 12.9. The Labute approximate surface area is 113 Å². The number of nitrogens with one attached hydrogen (secondary N) is 2. The molecule has 0 bridgehead atoms. The number of para-hydroxylation sites is 2. The van der Waals surface area contributed by atoms with Crippen LogP contribution in [0.4, 0.5) is 4.39 Å². The lowest BCUT2D eigenvalue weighted by Crippen LogP contribution is -2.24. The first-order chi connectivity index (χ1) is 9.72. The Morgan fingerprint density at radius 3 is 2.80 bits per heavy atom. The number of halogens is 1. The molecule has 5 nitrogen and oxygen atoms in total. The Balaban J connectivity index is 1.71. The Kier molecular flexibility index (Phi) is 3.12. The van der Waals surface area contributed by atoms with Crippen molar-refractivity contribution in [3.8, 4) is 0 Å². The van der Waals surface area contributed by atoms with Crippen molar-refractivity contribution in [2.75, 3.05) is 0 Å². The Hall–Kier alpha value is -2.76. The number of nitrogens with zero attached hydrogens (tertiary/aromatic N) is 2. The van der Waals surface area contributed by atoms with Crippen LogP contribution in [0.2, 0.25) is 0 Å². The maximum Gasteiger partial charge on any atom is 0.270 e. The Morgan fingerprint density at radius 2 is 2.00 bits per heavy atom. The number of carbonyl (C=O) groups is 1. The van der Waals surface area contributed by atoms with Gasteiger partial charge in [-0.05, 0) is 24.3 Å². The predicted octanol–water partition coefficient (Wildman–Crippen LogP) is 2.03. The van der Waals surface area contributed by atoms with Crippen molar-refractivity contribution in [3.63, 3.8) is 0 Å². The van der Waals surface area contributed by atoms with Crippen molar-refractivity contribution in [2.45, 2.75) is 6.54 Å². The first-order valence-electron chi connectivity index (χ1n) is 6.07. The second-order valence-electron chi connectivity index (χ2n) is 4.23. The summed E-state index contributed by atoms with van der Waals surface area (Å²) in [5.74, 6) is -0.484. The number of hydrogen-bond acceptors (Lipinski definition) is 3. The zero-order valence-corrected chi connectivity index (χ0v) is 10.4. The highest BCUT2D eigenvalue weighted by Crippen LogP contribution is 2.10. The molecule has 0 aliphatic heterocycles. The highest BCUT2D eigenvalue weighted by molar-refractivity contribution is 5.92. The van der Waals surface area contributed by atoms with E-state index in [0.717, 1.165) is 11.0 Å². The molecule has 0 radical (unpaired) electrons. The molecule has 0 aliphatic carbocycles. The van der Waals surface area contributed by atoms with Crippen LogP contribution in [-0.2, 0) is 6.54 Å². The molecule has 6 heteroatoms. The number of H-pyrrole nitrogens is 1. The first-order valence-corrected chi connectivity index (χ1v) is 6.07. The summed E-state index contributed by atoms with van der Waals surface area (Å²) >= 11 is 0. The van der Waals surface area contributed by atoms with E-state index < -0.39 is 11.9 Å². The molecule has 0 saturated heterocycles. The van der Waals surface area contributed by atoms with Gasteiger partial charge in [0.15, 0.2) is 0 Å². The van der Waals surface area contributed by atoms with Crippen LogP contribution in [0.25, 0.3) is 11.0 Å². The lowest BCUT2D eigenvalue weighted by Gasteiger charge is -2.02. The number of hydrogen-bond donors (Lipinski definition) is 2. The lowest BCUT2D eigenvalue weighted by molar-refractivity contribution is 0.0944. The fourth-order valence-electron chi connectivity index (χ4n) is 1.88. The molecule has 2 aromatic heterocycles. The standard InChI is InChI=1S/C14H11FN4O/c15-12-7-3-6-11(17-12)14(20)16-8-13-18-9-4-1-2-5-10(9)19-13/h1-7H,8H2,(H,16,20)(H,18,19). The van der Waals surface area contributed by atoms with Crippen molar-refractivity contribution in [2.24, 2.45) is 0 Å². The molecule has 0 spiro atoms. The number of fused-ring (bicyclic) bond motifs is 1. The summed E-state index contributed by atoms with van der Waals surface area (Å²) in [7, 11) is 0. The van der Waals surface area contributed by atoms with Crippen LogP contribution in [0.3, 0.4) is 0 Å². The molecule has 100 valence electrons. The van der Waals surface area contributed by atoms with Crippen molar-refractivity contribution < 1.29 is 9.18 Å². The molecular weight excluding hydrogens is 259 g/mol. The summed E-state index contributed by atoms with van der Waals surface area (Å²) in [5.41, 5.74) is 1.78. The highest BCUT2D eigenvalue weighted by atomic mass is 19.1. The van der Waals surface area contributed by atoms with Gasteiger partial charge in [-0.15, -0.1) is 0 Å². The minimum Gasteiger partial charge on any atom is -0.343 e. The number of aromatic amines is 1. The van der Waals surface area contributed by atoms with Crippen molar-refractivity contribution in [3.05, 3.63) is 59.9 Å². The summed E-state index contributed by atoms with van der Waals surface area (Å²) in [5, 5.41) is 2.64. The van der Waals surface area contributed by atoms with Crippen LogP contribution >= 0.6 is 0 Å². The minimum atomic E-state index is -0.679. The molecule has 2 N–H and O–H groups in total. The van der Waals surface area contributed by atoms with Crippen LogP contribution in [0.5, 0.6) is 0 Å². The second kappa shape index (κ2) is 5.08. The zero-order valence-electron chi connectivity index (χ0n) is 10.4. The van der Waals surface area contributed by atoms with Gasteiger partial charge in [0.05, 0.1) is 17.6 Å². The number of benzene rings is 1. The number of carbonyl (C=O) groups excluding carboxylic acids is 1. The quantitative estimate of drug-likeness (QED) is 0.715. The van der Waals surface area contributed by atoms with Crippen LogP contribution in [0.15, 0.2) is 42.5 Å². The number of aromatic nitrogens is 3. The molecule has 1 aromatic carbocycles. The zero-order chi connectivity index (χ0) is 13.9. The fourth-order valence-corrected chi connectivity index (χ4v) is 1.88. The monoisotopic (exact) mass is 270 g/mol. The van der Waals surface area contributed by atoms with Gasteiger partial charge in [0, 0.05) is 0 Å². The molecule has 0 aliphatic rings. The topological polar surface area (TPSA) is 70.7 Å². The third-order valence-corrected chi connectivity index (χ3v) is 2.80. The second-order valence-corrected chi connectivity index (χ2v) is 4.23. The van der Waals surface area contributed by atoms with Crippen molar-refractivity contribution in [1.82, 2.24) is 20.3 Å². The van der Waals surface area contributed by atoms with Gasteiger partial charge in [0.2, 0.25) is 5.95 Å². The van der Waals surface area contributed by atoms with E-state index in [9.17, 15) is 9.18 Å². The largest absolute Gasteiger partial charge is 0.343 e. The third-order valence-electron chi connectivity index (χ3n) is 2.80. The average molecular weight is 270 g/mol. The van der Waals surface area contributed by atoms with Gasteiger partial charge >= 0.3 is 0 Å². The normalized spacial score (nSPS) is 10.7. The van der Waals surface area contributed by atoms with E-state index >= 15 is 0 Å². The van der Waals surface area contributed by atoms with Gasteiger partial charge in [-0.3, -0.25) is 4.79 Å². The Bertz CT molecular complexity index is 735. The molecule has 3 aromatic rings. The van der Waals surface area contributed by atoms with E-state index in [2.05, 4.69) is 20.3 Å². The SMILES string of the molecule is O=C(NCc1nc2ccccc2[nH]1)c1cccc(F)n1. The Morgan fingerprint density at radius 1 is 1.15 bits per heavy atom. The van der Waals surface area contributed by atoms with Gasteiger partial charge in [0.1, 0.15) is 11.5 Å². The molecule has 1 amide bonds. The van der Waals surface area contributed by atoms with Gasteiger partial charge < -0.3 is 10.3 Å². The molecule has 2 heterocycles. The molecule has 0 atom stereocenters. The summed E-state index contributed by atoms with van der Waals surface area (Å²) in [6.07, 6.45) is 0. The maximum absolute atomic E-state index is 12.9. The van der Waals surface area contributed by atoms with E-state index in [4.69, 9.17) is 0 Å². The molecular formula is C14H11FN4O. The van der Waals surface area contributed by atoms with Crippen LogP contribution < -0.4 is 5.32 Å². The van der Waals surface area contributed by atoms with E-state index in [1.807, 2.05) is 24.3 Å². The minimum absolute atomic E-state index is 0.0427. The summed E-state index contributed by atoms with van der Waals surface area (Å²) in [4.78, 5) is 22.7. The van der Waals surface area contributed by atoms with Crippen molar-refractivity contribution >= 4 is 16.9 Å². The number of rotatable bonds is 3. The molecule has 0 unspecified atom stereocenters. The van der Waals surface area contributed by atoms with Crippen LogP contribution in [0.1, 0.15) is 16.3 Å². The van der Waals surface area contributed by atoms with Crippen LogP contribution in [-0.4, -0.2) is 20.9 Å².